The topological polar surface area (TPSA) is 73.7 Å². The Kier molecular flexibility index (Phi) is 6.26. The lowest BCUT2D eigenvalue weighted by molar-refractivity contribution is -0.140. The van der Waals surface area contributed by atoms with Crippen LogP contribution in [-0.2, 0) is 9.59 Å². The summed E-state index contributed by atoms with van der Waals surface area (Å²) in [6.45, 7) is 8.96. The van der Waals surface area contributed by atoms with Gasteiger partial charge in [0.15, 0.2) is 0 Å². The summed E-state index contributed by atoms with van der Waals surface area (Å²) in [7, 11) is 0. The number of aliphatic hydroxyl groups excluding tert-OH is 1. The lowest BCUT2D eigenvalue weighted by Gasteiger charge is -2.27. The molecule has 0 saturated carbocycles. The number of ketones is 1. The van der Waals surface area contributed by atoms with Gasteiger partial charge in [-0.2, -0.15) is 0 Å². The third-order valence-electron chi connectivity index (χ3n) is 5.20. The summed E-state index contributed by atoms with van der Waals surface area (Å²) in [5, 5.41) is 12.8. The van der Waals surface area contributed by atoms with Gasteiger partial charge in [-0.25, -0.2) is 0 Å². The molecule has 7 heteroatoms. The van der Waals surface area contributed by atoms with Gasteiger partial charge in [0.1, 0.15) is 5.76 Å². The quantitative estimate of drug-likeness (QED) is 0.440. The van der Waals surface area contributed by atoms with Crippen LogP contribution in [0.5, 0.6) is 0 Å². The van der Waals surface area contributed by atoms with Crippen LogP contribution in [0.1, 0.15) is 35.9 Å². The number of nitrogens with zero attached hydrogens (tertiary/aromatic N) is 3. The molecule has 0 aromatic carbocycles. The lowest BCUT2D eigenvalue weighted by atomic mass is 9.99. The van der Waals surface area contributed by atoms with Crippen molar-refractivity contribution in [3.05, 3.63) is 57.6 Å². The van der Waals surface area contributed by atoms with Crippen LogP contribution in [0.25, 0.3) is 5.76 Å². The Balaban J connectivity index is 2.07. The van der Waals surface area contributed by atoms with Crippen molar-refractivity contribution in [2.75, 3.05) is 26.2 Å². The van der Waals surface area contributed by atoms with E-state index in [-0.39, 0.29) is 11.3 Å². The summed E-state index contributed by atoms with van der Waals surface area (Å²) in [4.78, 5) is 34.4. The zero-order chi connectivity index (χ0) is 20.3. The number of aryl methyl sites for hydroxylation is 1. The van der Waals surface area contributed by atoms with Gasteiger partial charge in [0.25, 0.3) is 11.7 Å². The molecule has 3 rings (SSSR count). The minimum atomic E-state index is -0.633. The molecule has 1 saturated heterocycles. The fourth-order valence-corrected chi connectivity index (χ4v) is 4.55. The Morgan fingerprint density at radius 3 is 2.46 bits per heavy atom. The highest BCUT2D eigenvalue weighted by Crippen LogP contribution is 2.42. The number of likely N-dealkylation sites (tertiary alicyclic amines) is 1. The van der Waals surface area contributed by atoms with E-state index in [1.165, 1.54) is 11.3 Å². The van der Waals surface area contributed by atoms with Gasteiger partial charge in [0, 0.05) is 35.9 Å². The highest BCUT2D eigenvalue weighted by molar-refractivity contribution is 7.10. The molecule has 2 aromatic heterocycles. The monoisotopic (exact) mass is 399 g/mol. The first-order valence-corrected chi connectivity index (χ1v) is 10.3. The van der Waals surface area contributed by atoms with E-state index in [9.17, 15) is 14.7 Å². The fraction of sp³-hybridized carbons (Fsp3) is 0.381. The normalized spacial score (nSPS) is 19.0. The number of Topliss-reactive ketones (excluding diaryl/α,β-unsaturated/α-hetero) is 1. The molecule has 0 bridgehead atoms. The molecule has 0 spiro atoms. The van der Waals surface area contributed by atoms with Gasteiger partial charge in [-0.3, -0.25) is 14.6 Å². The first-order chi connectivity index (χ1) is 13.5. The average molecular weight is 400 g/mol. The molecule has 0 radical (unpaired) electrons. The molecule has 2 aromatic rings. The van der Waals surface area contributed by atoms with Crippen LogP contribution in [0.3, 0.4) is 0 Å². The van der Waals surface area contributed by atoms with Crippen molar-refractivity contribution in [2.24, 2.45) is 0 Å². The summed E-state index contributed by atoms with van der Waals surface area (Å²) in [6, 6.07) is 4.68. The second-order valence-corrected chi connectivity index (χ2v) is 7.67. The Labute approximate surface area is 169 Å². The number of thiophene rings is 1. The summed E-state index contributed by atoms with van der Waals surface area (Å²) < 4.78 is 0. The van der Waals surface area contributed by atoms with Gasteiger partial charge in [-0.15, -0.1) is 11.3 Å². The van der Waals surface area contributed by atoms with Gasteiger partial charge in [-0.05, 0) is 49.2 Å². The summed E-state index contributed by atoms with van der Waals surface area (Å²) in [6.07, 6.45) is 3.10. The first-order valence-electron chi connectivity index (χ1n) is 9.44. The number of carbonyl (C=O) groups excluding carboxylic acids is 2. The second-order valence-electron chi connectivity index (χ2n) is 6.72. The van der Waals surface area contributed by atoms with Crippen molar-refractivity contribution in [3.8, 4) is 0 Å². The molecule has 1 N–H and O–H groups in total. The standard InChI is InChI=1S/C21H25N3O3S/c1-4-23(5-2)11-12-24-17(20-14(3)8-13-28-20)16(19(26)21(24)27)18(25)15-6-9-22-10-7-15/h6-10,13,17,25H,4-5,11-12H2,1-3H3/b18-16-. The zero-order valence-corrected chi connectivity index (χ0v) is 17.2. The molecule has 1 atom stereocenters. The number of pyridine rings is 1. The number of rotatable bonds is 7. The van der Waals surface area contributed by atoms with E-state index in [0.717, 1.165) is 23.5 Å². The maximum Gasteiger partial charge on any atom is 0.295 e. The van der Waals surface area contributed by atoms with Crippen molar-refractivity contribution in [1.82, 2.24) is 14.8 Å². The van der Waals surface area contributed by atoms with Crippen LogP contribution in [0.4, 0.5) is 0 Å². The molecule has 1 aliphatic heterocycles. The van der Waals surface area contributed by atoms with E-state index in [2.05, 4.69) is 23.7 Å². The first kappa shape index (κ1) is 20.2. The van der Waals surface area contributed by atoms with Gasteiger partial charge in [0.2, 0.25) is 0 Å². The number of hydrogen-bond acceptors (Lipinski definition) is 6. The van der Waals surface area contributed by atoms with Crippen LogP contribution in [0, 0.1) is 6.92 Å². The molecule has 148 valence electrons. The maximum atomic E-state index is 12.9. The lowest BCUT2D eigenvalue weighted by Crippen LogP contribution is -2.37. The Morgan fingerprint density at radius 1 is 1.21 bits per heavy atom. The van der Waals surface area contributed by atoms with Gasteiger partial charge >= 0.3 is 0 Å². The largest absolute Gasteiger partial charge is 0.507 e. The van der Waals surface area contributed by atoms with E-state index in [4.69, 9.17) is 0 Å². The molecular weight excluding hydrogens is 374 g/mol. The summed E-state index contributed by atoms with van der Waals surface area (Å²) in [5.41, 5.74) is 1.64. The zero-order valence-electron chi connectivity index (χ0n) is 16.4. The molecule has 1 amide bonds. The van der Waals surface area contributed by atoms with Crippen LogP contribution in [0.2, 0.25) is 0 Å². The number of hydrogen-bond donors (Lipinski definition) is 1. The number of carbonyl (C=O) groups is 2. The molecular formula is C21H25N3O3S. The molecule has 1 fully saturated rings. The number of amides is 1. The van der Waals surface area contributed by atoms with Crippen LogP contribution in [0.15, 0.2) is 41.5 Å². The van der Waals surface area contributed by atoms with E-state index >= 15 is 0 Å². The van der Waals surface area contributed by atoms with Crippen LogP contribution in [-0.4, -0.2) is 57.8 Å². The maximum absolute atomic E-state index is 12.9. The summed E-state index contributed by atoms with van der Waals surface area (Å²) >= 11 is 1.50. The highest BCUT2D eigenvalue weighted by atomic mass is 32.1. The van der Waals surface area contributed by atoms with Crippen molar-refractivity contribution in [1.29, 1.82) is 0 Å². The van der Waals surface area contributed by atoms with Crippen molar-refractivity contribution in [2.45, 2.75) is 26.8 Å². The number of aliphatic hydroxyl groups is 1. The van der Waals surface area contributed by atoms with Crippen molar-refractivity contribution < 1.29 is 14.7 Å². The van der Waals surface area contributed by atoms with Gasteiger partial charge < -0.3 is 14.9 Å². The molecule has 28 heavy (non-hydrogen) atoms. The summed E-state index contributed by atoms with van der Waals surface area (Å²) in [5.74, 6) is -1.34. The van der Waals surface area contributed by atoms with Crippen molar-refractivity contribution in [3.63, 3.8) is 0 Å². The minimum absolute atomic E-state index is 0.149. The molecule has 3 heterocycles. The number of likely N-dealkylation sites (N-methyl/N-ethyl adjacent to an activating group) is 1. The predicted octanol–water partition coefficient (Wildman–Crippen LogP) is 3.22. The third-order valence-corrected chi connectivity index (χ3v) is 6.27. The SMILES string of the molecule is CCN(CC)CCN1C(=O)C(=O)/C(=C(\O)c2ccncc2)C1c1sccc1C. The van der Waals surface area contributed by atoms with E-state index in [1.807, 2.05) is 18.4 Å². The number of aromatic nitrogens is 1. The van der Waals surface area contributed by atoms with Crippen LogP contribution < -0.4 is 0 Å². The van der Waals surface area contributed by atoms with Gasteiger partial charge in [-0.1, -0.05) is 13.8 Å². The third kappa shape index (κ3) is 3.72. The Bertz CT molecular complexity index is 887. The van der Waals surface area contributed by atoms with E-state index in [0.29, 0.717) is 18.7 Å². The second kappa shape index (κ2) is 8.67. The van der Waals surface area contributed by atoms with Crippen LogP contribution >= 0.6 is 11.3 Å². The Hall–Kier alpha value is -2.51. The molecule has 1 unspecified atom stereocenters. The molecule has 0 aliphatic carbocycles. The average Bonchev–Trinajstić information content (AvgIpc) is 3.24. The predicted molar refractivity (Wildman–Crippen MR) is 110 cm³/mol. The van der Waals surface area contributed by atoms with Gasteiger partial charge in [0.05, 0.1) is 11.6 Å². The van der Waals surface area contributed by atoms with Crippen molar-refractivity contribution >= 4 is 28.8 Å². The molecule has 1 aliphatic rings. The molecule has 6 nitrogen and oxygen atoms in total. The minimum Gasteiger partial charge on any atom is -0.507 e. The Morgan fingerprint density at radius 2 is 1.89 bits per heavy atom. The van der Waals surface area contributed by atoms with E-state index in [1.54, 1.807) is 29.4 Å². The smallest absolute Gasteiger partial charge is 0.295 e. The fourth-order valence-electron chi connectivity index (χ4n) is 3.50. The highest BCUT2D eigenvalue weighted by Gasteiger charge is 2.46. The van der Waals surface area contributed by atoms with E-state index < -0.39 is 17.7 Å².